The van der Waals surface area contributed by atoms with Crippen molar-refractivity contribution in [3.8, 4) is 0 Å². The zero-order chi connectivity index (χ0) is 9.84. The molecule has 0 bridgehead atoms. The SMILES string of the molecule is CNc1c(Br)cccc1CS(=O)O. The number of rotatable bonds is 3. The number of anilines is 1. The van der Waals surface area contributed by atoms with Crippen molar-refractivity contribution < 1.29 is 8.76 Å². The number of hydrogen-bond donors (Lipinski definition) is 2. The van der Waals surface area contributed by atoms with Crippen LogP contribution in [0.15, 0.2) is 22.7 Å². The molecule has 72 valence electrons. The minimum Gasteiger partial charge on any atom is -0.387 e. The molecule has 0 fully saturated rings. The lowest BCUT2D eigenvalue weighted by Crippen LogP contribution is -1.99. The van der Waals surface area contributed by atoms with E-state index in [0.29, 0.717) is 0 Å². The molecular formula is C8H10BrNO2S. The predicted molar refractivity (Wildman–Crippen MR) is 58.2 cm³/mol. The van der Waals surface area contributed by atoms with Crippen molar-refractivity contribution in [3.63, 3.8) is 0 Å². The maximum absolute atomic E-state index is 10.6. The van der Waals surface area contributed by atoms with Crippen molar-refractivity contribution >= 4 is 32.7 Å². The van der Waals surface area contributed by atoms with Crippen molar-refractivity contribution in [2.45, 2.75) is 5.75 Å². The summed E-state index contributed by atoms with van der Waals surface area (Å²) in [5.41, 5.74) is 1.70. The molecule has 0 aliphatic heterocycles. The molecule has 0 radical (unpaired) electrons. The van der Waals surface area contributed by atoms with Gasteiger partial charge in [0.2, 0.25) is 0 Å². The highest BCUT2D eigenvalue weighted by atomic mass is 79.9. The third-order valence-electron chi connectivity index (χ3n) is 1.63. The second-order valence-corrected chi connectivity index (χ2v) is 4.28. The summed E-state index contributed by atoms with van der Waals surface area (Å²) < 4.78 is 20.3. The molecule has 1 aromatic carbocycles. The van der Waals surface area contributed by atoms with Crippen LogP contribution in [0, 0.1) is 0 Å². The van der Waals surface area contributed by atoms with Gasteiger partial charge in [0.1, 0.15) is 0 Å². The van der Waals surface area contributed by atoms with Gasteiger partial charge in [-0.1, -0.05) is 12.1 Å². The fraction of sp³-hybridized carbons (Fsp3) is 0.250. The molecule has 2 N–H and O–H groups in total. The fourth-order valence-electron chi connectivity index (χ4n) is 1.10. The van der Waals surface area contributed by atoms with Crippen molar-refractivity contribution in [2.24, 2.45) is 0 Å². The molecule has 3 nitrogen and oxygen atoms in total. The van der Waals surface area contributed by atoms with Crippen LogP contribution in [0.4, 0.5) is 5.69 Å². The summed E-state index contributed by atoms with van der Waals surface area (Å²) in [5.74, 6) is 0.148. The molecule has 0 heterocycles. The Hall–Kier alpha value is -0.390. The molecule has 0 aliphatic carbocycles. The normalized spacial score (nSPS) is 12.5. The van der Waals surface area contributed by atoms with Gasteiger partial charge in [0.05, 0.1) is 11.4 Å². The number of benzene rings is 1. The number of para-hydroxylation sites is 1. The Labute approximate surface area is 88.0 Å². The zero-order valence-electron chi connectivity index (χ0n) is 7.08. The van der Waals surface area contributed by atoms with Gasteiger partial charge in [0, 0.05) is 11.5 Å². The van der Waals surface area contributed by atoms with Gasteiger partial charge in [0.15, 0.2) is 11.1 Å². The van der Waals surface area contributed by atoms with E-state index in [1.807, 2.05) is 18.2 Å². The lowest BCUT2D eigenvalue weighted by atomic mass is 10.2. The first kappa shape index (κ1) is 10.7. The molecule has 1 rings (SSSR count). The topological polar surface area (TPSA) is 49.3 Å². The summed E-state index contributed by atoms with van der Waals surface area (Å²) in [6, 6.07) is 5.55. The molecule has 0 aliphatic rings. The Balaban J connectivity index is 3.05. The minimum absolute atomic E-state index is 0.148. The van der Waals surface area contributed by atoms with Gasteiger partial charge in [0.25, 0.3) is 0 Å². The summed E-state index contributed by atoms with van der Waals surface area (Å²) >= 11 is 1.56. The van der Waals surface area contributed by atoms with Crippen LogP contribution in [0.2, 0.25) is 0 Å². The van der Waals surface area contributed by atoms with Crippen molar-refractivity contribution in [2.75, 3.05) is 12.4 Å². The first-order chi connectivity index (χ1) is 6.15. The average molecular weight is 264 g/mol. The first-order valence-corrected chi connectivity index (χ1v) is 5.74. The fourth-order valence-corrected chi connectivity index (χ4v) is 2.21. The first-order valence-electron chi connectivity index (χ1n) is 3.67. The van der Waals surface area contributed by atoms with Gasteiger partial charge in [-0.25, -0.2) is 4.21 Å². The van der Waals surface area contributed by atoms with Crippen LogP contribution in [0.1, 0.15) is 5.56 Å². The predicted octanol–water partition coefficient (Wildman–Crippen LogP) is 2.21. The highest BCUT2D eigenvalue weighted by molar-refractivity contribution is 9.10. The van der Waals surface area contributed by atoms with E-state index in [4.69, 9.17) is 4.55 Å². The van der Waals surface area contributed by atoms with Crippen LogP contribution in [-0.2, 0) is 16.8 Å². The molecule has 0 saturated heterocycles. The van der Waals surface area contributed by atoms with Gasteiger partial charge >= 0.3 is 0 Å². The van der Waals surface area contributed by atoms with E-state index in [2.05, 4.69) is 21.2 Å². The second-order valence-electron chi connectivity index (χ2n) is 2.49. The van der Waals surface area contributed by atoms with E-state index in [1.165, 1.54) is 0 Å². The van der Waals surface area contributed by atoms with Crippen LogP contribution in [0.25, 0.3) is 0 Å². The van der Waals surface area contributed by atoms with E-state index in [9.17, 15) is 4.21 Å². The van der Waals surface area contributed by atoms with Crippen molar-refractivity contribution in [1.29, 1.82) is 0 Å². The molecule has 13 heavy (non-hydrogen) atoms. The summed E-state index contributed by atoms with van der Waals surface area (Å²) in [6.45, 7) is 0. The number of hydrogen-bond acceptors (Lipinski definition) is 2. The van der Waals surface area contributed by atoms with Crippen LogP contribution >= 0.6 is 15.9 Å². The van der Waals surface area contributed by atoms with Gasteiger partial charge in [-0.3, -0.25) is 0 Å². The molecule has 0 amide bonds. The minimum atomic E-state index is -1.80. The van der Waals surface area contributed by atoms with Gasteiger partial charge < -0.3 is 9.87 Å². The van der Waals surface area contributed by atoms with Crippen LogP contribution in [-0.4, -0.2) is 15.8 Å². The molecule has 1 aromatic rings. The Morgan fingerprint density at radius 2 is 2.31 bits per heavy atom. The van der Waals surface area contributed by atoms with Gasteiger partial charge in [-0.15, -0.1) is 0 Å². The second kappa shape index (κ2) is 4.74. The maximum atomic E-state index is 10.6. The number of nitrogens with one attached hydrogen (secondary N) is 1. The summed E-state index contributed by atoms with van der Waals surface area (Å²) in [4.78, 5) is 0. The molecule has 0 spiro atoms. The molecule has 1 unspecified atom stereocenters. The largest absolute Gasteiger partial charge is 0.387 e. The highest BCUT2D eigenvalue weighted by Crippen LogP contribution is 2.26. The molecule has 0 aromatic heterocycles. The Kier molecular flexibility index (Phi) is 3.90. The van der Waals surface area contributed by atoms with E-state index in [1.54, 1.807) is 7.05 Å². The van der Waals surface area contributed by atoms with E-state index >= 15 is 0 Å². The summed E-state index contributed by atoms with van der Waals surface area (Å²) in [5, 5.41) is 2.98. The molecular weight excluding hydrogens is 254 g/mol. The lowest BCUT2D eigenvalue weighted by Gasteiger charge is -2.08. The van der Waals surface area contributed by atoms with E-state index in [0.717, 1.165) is 15.7 Å². The Morgan fingerprint density at radius 3 is 2.85 bits per heavy atom. The maximum Gasteiger partial charge on any atom is 0.157 e. The van der Waals surface area contributed by atoms with Crippen LogP contribution < -0.4 is 5.32 Å². The quantitative estimate of drug-likeness (QED) is 0.823. The standard InChI is InChI=1S/C8H10BrNO2S/c1-10-8-6(5-13(11)12)3-2-4-7(8)9/h2-4,10H,5H2,1H3,(H,11,12). The zero-order valence-corrected chi connectivity index (χ0v) is 9.48. The Morgan fingerprint density at radius 1 is 1.62 bits per heavy atom. The molecule has 0 saturated carbocycles. The third-order valence-corrected chi connectivity index (χ3v) is 2.85. The Bertz CT molecular complexity index is 330. The van der Waals surface area contributed by atoms with Gasteiger partial charge in [-0.2, -0.15) is 0 Å². The molecule has 1 atom stereocenters. The average Bonchev–Trinajstić information content (AvgIpc) is 2.03. The lowest BCUT2D eigenvalue weighted by molar-refractivity contribution is 0.563. The third kappa shape index (κ3) is 2.79. The van der Waals surface area contributed by atoms with Crippen LogP contribution in [0.3, 0.4) is 0 Å². The smallest absolute Gasteiger partial charge is 0.157 e. The van der Waals surface area contributed by atoms with E-state index in [-0.39, 0.29) is 5.75 Å². The number of halogens is 1. The monoisotopic (exact) mass is 263 g/mol. The van der Waals surface area contributed by atoms with Crippen LogP contribution in [0.5, 0.6) is 0 Å². The summed E-state index contributed by atoms with van der Waals surface area (Å²) in [6.07, 6.45) is 0. The molecule has 5 heteroatoms. The highest BCUT2D eigenvalue weighted by Gasteiger charge is 2.06. The van der Waals surface area contributed by atoms with Crippen molar-refractivity contribution in [3.05, 3.63) is 28.2 Å². The summed E-state index contributed by atoms with van der Waals surface area (Å²) in [7, 11) is 1.78. The van der Waals surface area contributed by atoms with Crippen molar-refractivity contribution in [1.82, 2.24) is 0 Å². The van der Waals surface area contributed by atoms with Gasteiger partial charge in [-0.05, 0) is 27.6 Å². The van der Waals surface area contributed by atoms with E-state index < -0.39 is 11.1 Å².